The zero-order valence-corrected chi connectivity index (χ0v) is 17.1. The van der Waals surface area contributed by atoms with E-state index in [9.17, 15) is 14.0 Å². The molecule has 2 fully saturated rings. The molecule has 1 aromatic rings. The van der Waals surface area contributed by atoms with Gasteiger partial charge in [-0.25, -0.2) is 4.39 Å². The average molecular weight is 390 g/mol. The third-order valence-electron chi connectivity index (χ3n) is 6.29. The molecule has 2 aliphatic rings. The first-order valence-electron chi connectivity index (χ1n) is 10.5. The van der Waals surface area contributed by atoms with Crippen molar-refractivity contribution in [3.63, 3.8) is 0 Å². The zero-order chi connectivity index (χ0) is 20.1. The summed E-state index contributed by atoms with van der Waals surface area (Å²) in [6.07, 6.45) is 5.14. The van der Waals surface area contributed by atoms with Crippen LogP contribution >= 0.6 is 0 Å². The molecule has 6 heteroatoms. The Labute approximate surface area is 167 Å². The molecule has 1 aromatic carbocycles. The lowest BCUT2D eigenvalue weighted by atomic mass is 9.94. The van der Waals surface area contributed by atoms with Gasteiger partial charge in [0.15, 0.2) is 0 Å². The zero-order valence-electron chi connectivity index (χ0n) is 17.1. The Kier molecular flexibility index (Phi) is 7.05. The molecule has 0 aromatic heterocycles. The van der Waals surface area contributed by atoms with E-state index < -0.39 is 0 Å². The Bertz CT molecular complexity index is 665. The van der Waals surface area contributed by atoms with Crippen LogP contribution in [0.5, 0.6) is 0 Å². The molecule has 2 heterocycles. The highest BCUT2D eigenvalue weighted by Crippen LogP contribution is 2.23. The van der Waals surface area contributed by atoms with Gasteiger partial charge in [-0.15, -0.1) is 0 Å². The minimum atomic E-state index is -0.271. The van der Waals surface area contributed by atoms with Gasteiger partial charge < -0.3 is 9.80 Å². The molecule has 0 N–H and O–H groups in total. The fourth-order valence-corrected chi connectivity index (χ4v) is 4.19. The smallest absolute Gasteiger partial charge is 0.236 e. The van der Waals surface area contributed by atoms with Gasteiger partial charge in [0.05, 0.1) is 12.6 Å². The van der Waals surface area contributed by atoms with Crippen LogP contribution in [0.2, 0.25) is 0 Å². The fraction of sp³-hybridized carbons (Fsp3) is 0.636. The lowest BCUT2D eigenvalue weighted by Crippen LogP contribution is -2.46. The number of carbonyl (C=O) groups excluding carboxylic acids is 2. The number of nitrogens with zero attached hydrogens (tertiary/aromatic N) is 3. The van der Waals surface area contributed by atoms with E-state index in [2.05, 4.69) is 4.90 Å². The molecular formula is C22H32FN3O2. The third-order valence-corrected chi connectivity index (χ3v) is 6.29. The number of piperidine rings is 2. The first-order valence-corrected chi connectivity index (χ1v) is 10.5. The van der Waals surface area contributed by atoms with Crippen LogP contribution in [-0.2, 0) is 9.59 Å². The maximum atomic E-state index is 13.1. The van der Waals surface area contributed by atoms with Gasteiger partial charge in [0.2, 0.25) is 11.8 Å². The molecule has 0 saturated carbocycles. The van der Waals surface area contributed by atoms with Crippen LogP contribution in [0.1, 0.15) is 50.6 Å². The van der Waals surface area contributed by atoms with E-state index in [1.54, 1.807) is 24.1 Å². The van der Waals surface area contributed by atoms with E-state index in [4.69, 9.17) is 0 Å². The number of rotatable bonds is 5. The standard InChI is InChI=1S/C22H32FN3O2/c1-17(18-6-8-20(23)9-7-18)24(2)21(27)16-25-14-10-19(11-15-25)22(28)26-12-4-3-5-13-26/h6-9,17,19H,3-5,10-16H2,1-2H3. The molecule has 154 valence electrons. The van der Waals surface area contributed by atoms with Crippen molar-refractivity contribution in [2.45, 2.75) is 45.1 Å². The van der Waals surface area contributed by atoms with Crippen LogP contribution in [0.3, 0.4) is 0 Å². The molecule has 28 heavy (non-hydrogen) atoms. The lowest BCUT2D eigenvalue weighted by Gasteiger charge is -2.36. The summed E-state index contributed by atoms with van der Waals surface area (Å²) < 4.78 is 13.1. The van der Waals surface area contributed by atoms with Crippen LogP contribution in [-0.4, -0.2) is 66.3 Å². The molecule has 3 rings (SSSR count). The lowest BCUT2D eigenvalue weighted by molar-refractivity contribution is -0.138. The Morgan fingerprint density at radius 1 is 1.07 bits per heavy atom. The third kappa shape index (κ3) is 5.10. The first-order chi connectivity index (χ1) is 13.5. The van der Waals surface area contributed by atoms with Crippen molar-refractivity contribution in [3.05, 3.63) is 35.6 Å². The number of benzene rings is 1. The number of likely N-dealkylation sites (N-methyl/N-ethyl adjacent to an activating group) is 1. The number of hydrogen-bond donors (Lipinski definition) is 0. The van der Waals surface area contributed by atoms with Gasteiger partial charge in [0.25, 0.3) is 0 Å². The van der Waals surface area contributed by atoms with Crippen molar-refractivity contribution in [1.82, 2.24) is 14.7 Å². The monoisotopic (exact) mass is 389 g/mol. The van der Waals surface area contributed by atoms with E-state index >= 15 is 0 Å². The normalized spacial score (nSPS) is 20.0. The summed E-state index contributed by atoms with van der Waals surface area (Å²) in [4.78, 5) is 31.3. The summed E-state index contributed by atoms with van der Waals surface area (Å²) in [6, 6.07) is 6.19. The Morgan fingerprint density at radius 3 is 2.29 bits per heavy atom. The molecule has 2 amide bonds. The number of hydrogen-bond acceptors (Lipinski definition) is 3. The second-order valence-electron chi connectivity index (χ2n) is 8.17. The molecule has 0 radical (unpaired) electrons. The van der Waals surface area contributed by atoms with Gasteiger partial charge in [-0.1, -0.05) is 12.1 Å². The Balaban J connectivity index is 1.46. The van der Waals surface area contributed by atoms with Crippen LogP contribution in [0, 0.1) is 11.7 Å². The summed E-state index contributed by atoms with van der Waals surface area (Å²) >= 11 is 0. The molecule has 1 atom stereocenters. The van der Waals surface area contributed by atoms with Crippen LogP contribution in [0.15, 0.2) is 24.3 Å². The second kappa shape index (κ2) is 9.50. The molecule has 5 nitrogen and oxygen atoms in total. The van der Waals surface area contributed by atoms with Crippen molar-refractivity contribution < 1.29 is 14.0 Å². The van der Waals surface area contributed by atoms with E-state index in [0.29, 0.717) is 12.5 Å². The minimum absolute atomic E-state index is 0.0534. The van der Waals surface area contributed by atoms with Gasteiger partial charge in [0, 0.05) is 26.1 Å². The topological polar surface area (TPSA) is 43.9 Å². The van der Waals surface area contributed by atoms with Crippen LogP contribution in [0.25, 0.3) is 0 Å². The molecule has 0 bridgehead atoms. The van der Waals surface area contributed by atoms with Crippen molar-refractivity contribution in [2.24, 2.45) is 5.92 Å². The highest BCUT2D eigenvalue weighted by molar-refractivity contribution is 5.80. The fourth-order valence-electron chi connectivity index (χ4n) is 4.19. The molecule has 0 spiro atoms. The van der Waals surface area contributed by atoms with E-state index in [1.807, 2.05) is 11.8 Å². The summed E-state index contributed by atoms with van der Waals surface area (Å²) in [7, 11) is 1.79. The first kappa shape index (κ1) is 20.8. The molecule has 2 saturated heterocycles. The van der Waals surface area contributed by atoms with Gasteiger partial charge in [-0.3, -0.25) is 14.5 Å². The van der Waals surface area contributed by atoms with Gasteiger partial charge in [0.1, 0.15) is 5.82 Å². The van der Waals surface area contributed by atoms with Crippen molar-refractivity contribution in [2.75, 3.05) is 39.8 Å². The number of likely N-dealkylation sites (tertiary alicyclic amines) is 2. The quantitative estimate of drug-likeness (QED) is 0.777. The Morgan fingerprint density at radius 2 is 1.68 bits per heavy atom. The number of halogens is 1. The summed E-state index contributed by atoms with van der Waals surface area (Å²) in [5, 5.41) is 0. The number of carbonyl (C=O) groups is 2. The van der Waals surface area contributed by atoms with E-state index in [1.165, 1.54) is 18.6 Å². The van der Waals surface area contributed by atoms with E-state index in [-0.39, 0.29) is 23.7 Å². The maximum Gasteiger partial charge on any atom is 0.236 e. The highest BCUT2D eigenvalue weighted by atomic mass is 19.1. The minimum Gasteiger partial charge on any atom is -0.342 e. The SMILES string of the molecule is CC(c1ccc(F)cc1)N(C)C(=O)CN1CCC(C(=O)N2CCCCC2)CC1. The molecular weight excluding hydrogens is 357 g/mol. The van der Waals surface area contributed by atoms with Gasteiger partial charge in [-0.2, -0.15) is 0 Å². The van der Waals surface area contributed by atoms with Gasteiger partial charge >= 0.3 is 0 Å². The van der Waals surface area contributed by atoms with Crippen molar-refractivity contribution in [3.8, 4) is 0 Å². The largest absolute Gasteiger partial charge is 0.342 e. The van der Waals surface area contributed by atoms with Crippen molar-refractivity contribution >= 4 is 11.8 Å². The molecule has 2 aliphatic heterocycles. The summed E-state index contributed by atoms with van der Waals surface area (Å²) in [5.41, 5.74) is 0.920. The predicted octanol–water partition coefficient (Wildman–Crippen LogP) is 3.07. The summed E-state index contributed by atoms with van der Waals surface area (Å²) in [6.45, 7) is 5.71. The Hall–Kier alpha value is -1.95. The molecule has 1 unspecified atom stereocenters. The average Bonchev–Trinajstić information content (AvgIpc) is 2.74. The van der Waals surface area contributed by atoms with Crippen molar-refractivity contribution in [1.29, 1.82) is 0 Å². The van der Waals surface area contributed by atoms with E-state index in [0.717, 1.165) is 57.4 Å². The highest BCUT2D eigenvalue weighted by Gasteiger charge is 2.30. The van der Waals surface area contributed by atoms with Crippen LogP contribution in [0.4, 0.5) is 4.39 Å². The molecule has 0 aliphatic carbocycles. The number of amides is 2. The van der Waals surface area contributed by atoms with Gasteiger partial charge in [-0.05, 0) is 69.8 Å². The maximum absolute atomic E-state index is 13.1. The predicted molar refractivity (Wildman–Crippen MR) is 107 cm³/mol. The second-order valence-corrected chi connectivity index (χ2v) is 8.17. The summed E-state index contributed by atoms with van der Waals surface area (Å²) in [5.74, 6) is 0.206. The van der Waals surface area contributed by atoms with Crippen LogP contribution < -0.4 is 0 Å².